The summed E-state index contributed by atoms with van der Waals surface area (Å²) in [4.78, 5) is 15.1. The Bertz CT molecular complexity index is 287. The largest absolute Gasteiger partial charge is 0.383 e. The van der Waals surface area contributed by atoms with Crippen molar-refractivity contribution in [2.24, 2.45) is 5.41 Å². The van der Waals surface area contributed by atoms with E-state index in [0.29, 0.717) is 0 Å². The van der Waals surface area contributed by atoms with Crippen LogP contribution in [0.3, 0.4) is 0 Å². The Balaban J connectivity index is 2.81. The van der Waals surface area contributed by atoms with Crippen LogP contribution in [0.2, 0.25) is 0 Å². The molecule has 0 fully saturated rings. The van der Waals surface area contributed by atoms with Gasteiger partial charge in [-0.2, -0.15) is 9.78 Å². The zero-order valence-electron chi connectivity index (χ0n) is 7.93. The van der Waals surface area contributed by atoms with Gasteiger partial charge in [0.2, 0.25) is 0 Å². The molecule has 0 aromatic carbocycles. The van der Waals surface area contributed by atoms with Crippen LogP contribution in [-0.4, -0.2) is 31.9 Å². The molecule has 0 aliphatic carbocycles. The highest BCUT2D eigenvalue weighted by atomic mass is 16.3. The van der Waals surface area contributed by atoms with Gasteiger partial charge in [0.25, 0.3) is 5.91 Å². The van der Waals surface area contributed by atoms with Crippen molar-refractivity contribution in [3.8, 4) is 0 Å². The van der Waals surface area contributed by atoms with Crippen LogP contribution in [-0.2, 0) is 0 Å². The van der Waals surface area contributed by atoms with Crippen LogP contribution in [0.1, 0.15) is 25.6 Å². The Morgan fingerprint density at radius 3 is 2.54 bits per heavy atom. The third-order valence-corrected chi connectivity index (χ3v) is 1.70. The second-order valence-corrected chi connectivity index (χ2v) is 3.95. The van der Waals surface area contributed by atoms with Crippen molar-refractivity contribution in [2.45, 2.75) is 26.9 Å². The summed E-state index contributed by atoms with van der Waals surface area (Å²) in [7, 11) is 0. The summed E-state index contributed by atoms with van der Waals surface area (Å²) in [6, 6.07) is 0. The van der Waals surface area contributed by atoms with Gasteiger partial charge in [-0.05, 0) is 5.41 Å². The third kappa shape index (κ3) is 2.12. The number of aliphatic hydroxyl groups is 1. The van der Waals surface area contributed by atoms with Gasteiger partial charge in [-0.25, -0.2) is 4.98 Å². The average Bonchev–Trinajstić information content (AvgIpc) is 2.51. The maximum atomic E-state index is 11.5. The number of hydrogen-bond acceptors (Lipinski definition) is 4. The number of carbonyl (C=O) groups excluding carboxylic acids is 1. The Morgan fingerprint density at radius 2 is 2.15 bits per heavy atom. The predicted octanol–water partition coefficient (Wildman–Crippen LogP) is 0.325. The van der Waals surface area contributed by atoms with Gasteiger partial charge in [-0.1, -0.05) is 20.8 Å². The van der Waals surface area contributed by atoms with Gasteiger partial charge in [0.15, 0.2) is 0 Å². The molecule has 0 aliphatic heterocycles. The molecule has 1 aromatic rings. The van der Waals surface area contributed by atoms with Gasteiger partial charge in [0, 0.05) is 0 Å². The minimum Gasteiger partial charge on any atom is -0.383 e. The smallest absolute Gasteiger partial charge is 0.277 e. The lowest BCUT2D eigenvalue weighted by Gasteiger charge is -2.23. The Labute approximate surface area is 76.4 Å². The quantitative estimate of drug-likeness (QED) is 0.681. The fourth-order valence-electron chi connectivity index (χ4n) is 0.818. The fourth-order valence-corrected chi connectivity index (χ4v) is 0.818. The van der Waals surface area contributed by atoms with Crippen LogP contribution >= 0.6 is 0 Å². The van der Waals surface area contributed by atoms with E-state index < -0.39 is 17.4 Å². The first kappa shape index (κ1) is 9.85. The van der Waals surface area contributed by atoms with Crippen molar-refractivity contribution < 1.29 is 9.90 Å². The normalized spacial score (nSPS) is 14.2. The van der Waals surface area contributed by atoms with Crippen molar-refractivity contribution in [3.05, 3.63) is 12.7 Å². The van der Waals surface area contributed by atoms with E-state index >= 15 is 0 Å². The number of carbonyl (C=O) groups is 1. The van der Waals surface area contributed by atoms with E-state index in [1.165, 1.54) is 12.7 Å². The van der Waals surface area contributed by atoms with Crippen molar-refractivity contribution in [1.29, 1.82) is 0 Å². The highest BCUT2D eigenvalue weighted by molar-refractivity contribution is 5.82. The molecule has 0 spiro atoms. The highest BCUT2D eigenvalue weighted by Gasteiger charge is 2.30. The average molecular weight is 183 g/mol. The molecule has 0 bridgehead atoms. The van der Waals surface area contributed by atoms with Gasteiger partial charge in [0.1, 0.15) is 18.8 Å². The Kier molecular flexibility index (Phi) is 2.47. The zero-order chi connectivity index (χ0) is 10.1. The maximum Gasteiger partial charge on any atom is 0.277 e. The molecule has 1 N–H and O–H groups in total. The molecule has 0 amide bonds. The van der Waals surface area contributed by atoms with E-state index in [1.54, 1.807) is 20.8 Å². The molecule has 0 radical (unpaired) electrons. The summed E-state index contributed by atoms with van der Waals surface area (Å²) in [6.07, 6.45) is 1.47. The van der Waals surface area contributed by atoms with Crippen molar-refractivity contribution in [1.82, 2.24) is 14.8 Å². The topological polar surface area (TPSA) is 68.0 Å². The molecule has 0 saturated heterocycles. The molecule has 13 heavy (non-hydrogen) atoms. The number of hydrogen-bond donors (Lipinski definition) is 1. The van der Waals surface area contributed by atoms with Crippen LogP contribution in [0, 0.1) is 5.41 Å². The first-order chi connectivity index (χ1) is 5.93. The van der Waals surface area contributed by atoms with Gasteiger partial charge < -0.3 is 5.11 Å². The molecule has 1 heterocycles. The SMILES string of the molecule is CC(C)(C)C(O)C(=O)n1cncn1. The highest BCUT2D eigenvalue weighted by Crippen LogP contribution is 2.19. The van der Waals surface area contributed by atoms with Gasteiger partial charge in [-0.15, -0.1) is 0 Å². The van der Waals surface area contributed by atoms with Crippen molar-refractivity contribution in [3.63, 3.8) is 0 Å². The molecule has 72 valence electrons. The summed E-state index contributed by atoms with van der Waals surface area (Å²) in [5, 5.41) is 13.2. The molecular formula is C8H13N3O2. The fraction of sp³-hybridized carbons (Fsp3) is 0.625. The molecule has 1 unspecified atom stereocenters. The molecule has 1 aromatic heterocycles. The van der Waals surface area contributed by atoms with E-state index in [9.17, 15) is 9.90 Å². The van der Waals surface area contributed by atoms with Gasteiger partial charge >= 0.3 is 0 Å². The van der Waals surface area contributed by atoms with Crippen LogP contribution in [0.15, 0.2) is 12.7 Å². The Morgan fingerprint density at radius 1 is 1.54 bits per heavy atom. The molecule has 5 heteroatoms. The number of rotatable bonds is 1. The van der Waals surface area contributed by atoms with E-state index in [-0.39, 0.29) is 0 Å². The van der Waals surface area contributed by atoms with E-state index in [0.717, 1.165) is 4.68 Å². The van der Waals surface area contributed by atoms with Crippen molar-refractivity contribution >= 4 is 5.91 Å². The van der Waals surface area contributed by atoms with E-state index in [1.807, 2.05) is 0 Å². The second-order valence-electron chi connectivity index (χ2n) is 3.95. The van der Waals surface area contributed by atoms with Crippen LogP contribution in [0.4, 0.5) is 0 Å². The molecular weight excluding hydrogens is 170 g/mol. The second kappa shape index (κ2) is 3.26. The number of nitrogens with zero attached hydrogens (tertiary/aromatic N) is 3. The number of aromatic nitrogens is 3. The molecule has 1 atom stereocenters. The van der Waals surface area contributed by atoms with Crippen LogP contribution in [0.5, 0.6) is 0 Å². The molecule has 0 saturated carbocycles. The van der Waals surface area contributed by atoms with Gasteiger partial charge in [-0.3, -0.25) is 4.79 Å². The summed E-state index contributed by atoms with van der Waals surface area (Å²) in [5.41, 5.74) is -0.483. The molecule has 5 nitrogen and oxygen atoms in total. The van der Waals surface area contributed by atoms with Crippen molar-refractivity contribution in [2.75, 3.05) is 0 Å². The minimum atomic E-state index is -1.06. The standard InChI is InChI=1S/C8H13N3O2/c1-8(2,3)6(12)7(13)11-5-9-4-10-11/h4-6,12H,1-3H3. The number of aliphatic hydroxyl groups excluding tert-OH is 1. The predicted molar refractivity (Wildman–Crippen MR) is 46.1 cm³/mol. The van der Waals surface area contributed by atoms with E-state index in [4.69, 9.17) is 0 Å². The van der Waals surface area contributed by atoms with E-state index in [2.05, 4.69) is 10.1 Å². The minimum absolute atomic E-state index is 0.454. The maximum absolute atomic E-state index is 11.5. The summed E-state index contributed by atoms with van der Waals surface area (Å²) in [6.45, 7) is 5.35. The molecule has 0 aliphatic rings. The lowest BCUT2D eigenvalue weighted by Crippen LogP contribution is -2.37. The summed E-state index contributed by atoms with van der Waals surface area (Å²) < 4.78 is 1.04. The first-order valence-corrected chi connectivity index (χ1v) is 4.00. The summed E-state index contributed by atoms with van der Waals surface area (Å²) >= 11 is 0. The Hall–Kier alpha value is -1.23. The molecule has 1 rings (SSSR count). The monoisotopic (exact) mass is 183 g/mol. The first-order valence-electron chi connectivity index (χ1n) is 4.00. The third-order valence-electron chi connectivity index (χ3n) is 1.70. The summed E-state index contributed by atoms with van der Waals surface area (Å²) in [5.74, 6) is -0.454. The van der Waals surface area contributed by atoms with Gasteiger partial charge in [0.05, 0.1) is 0 Å². The van der Waals surface area contributed by atoms with Crippen LogP contribution < -0.4 is 0 Å². The lowest BCUT2D eigenvalue weighted by molar-refractivity contribution is 0.0338. The lowest BCUT2D eigenvalue weighted by atomic mass is 9.89. The van der Waals surface area contributed by atoms with Crippen LogP contribution in [0.25, 0.3) is 0 Å². The zero-order valence-corrected chi connectivity index (χ0v) is 7.93.